The van der Waals surface area contributed by atoms with Crippen LogP contribution in [0.1, 0.15) is 27.0 Å². The summed E-state index contributed by atoms with van der Waals surface area (Å²) < 4.78 is 16.7. The number of esters is 1. The normalized spacial score (nSPS) is 11.3. The first-order chi connectivity index (χ1) is 21.1. The minimum absolute atomic E-state index is 0.279. The lowest BCUT2D eigenvalue weighted by atomic mass is 10.0. The Morgan fingerprint density at radius 2 is 1.07 bits per heavy atom. The fraction of sp³-hybridized carbons (Fsp3) is 0.135. The quantitative estimate of drug-likeness (QED) is 0.163. The predicted molar refractivity (Wildman–Crippen MR) is 167 cm³/mol. The zero-order valence-electron chi connectivity index (χ0n) is 23.9. The van der Waals surface area contributed by atoms with E-state index in [1.807, 2.05) is 84.9 Å². The highest BCUT2D eigenvalue weighted by Crippen LogP contribution is 2.21. The molecule has 5 rings (SSSR count). The van der Waals surface area contributed by atoms with E-state index in [-0.39, 0.29) is 12.3 Å². The van der Waals surface area contributed by atoms with Gasteiger partial charge in [0.2, 0.25) is 0 Å². The summed E-state index contributed by atoms with van der Waals surface area (Å²) in [6.07, 6.45) is 0.279. The van der Waals surface area contributed by atoms with E-state index < -0.39 is 12.0 Å². The zero-order chi connectivity index (χ0) is 29.9. The lowest BCUT2D eigenvalue weighted by molar-refractivity contribution is -0.142. The molecule has 5 aromatic rings. The summed E-state index contributed by atoms with van der Waals surface area (Å²) in [5.74, 6) is 0.470. The predicted octanol–water partition coefficient (Wildman–Crippen LogP) is 7.03. The average Bonchev–Trinajstić information content (AvgIpc) is 3.07. The molecule has 1 amide bonds. The van der Waals surface area contributed by atoms with E-state index in [2.05, 4.69) is 29.6 Å². The lowest BCUT2D eigenvalue weighted by Gasteiger charge is -2.17. The van der Waals surface area contributed by atoms with Gasteiger partial charge in [-0.3, -0.25) is 4.79 Å². The topological polar surface area (TPSA) is 73.9 Å². The highest BCUT2D eigenvalue weighted by Gasteiger charge is 2.23. The third kappa shape index (κ3) is 8.33. The van der Waals surface area contributed by atoms with Crippen molar-refractivity contribution in [2.75, 3.05) is 7.11 Å². The Morgan fingerprint density at radius 1 is 0.581 bits per heavy atom. The first kappa shape index (κ1) is 29.1. The van der Waals surface area contributed by atoms with Gasteiger partial charge in [-0.05, 0) is 64.2 Å². The maximum Gasteiger partial charge on any atom is 0.328 e. The van der Waals surface area contributed by atoms with E-state index >= 15 is 0 Å². The third-order valence-electron chi connectivity index (χ3n) is 6.99. The Hall–Kier alpha value is -5.36. The van der Waals surface area contributed by atoms with Crippen LogP contribution in [0.5, 0.6) is 11.5 Å². The van der Waals surface area contributed by atoms with Gasteiger partial charge in [0.05, 0.1) is 7.11 Å². The molecule has 0 fully saturated rings. The van der Waals surface area contributed by atoms with Crippen molar-refractivity contribution in [3.63, 3.8) is 0 Å². The molecular weight excluding hydrogens is 538 g/mol. The molecule has 0 radical (unpaired) electrons. The van der Waals surface area contributed by atoms with Crippen molar-refractivity contribution in [2.24, 2.45) is 0 Å². The van der Waals surface area contributed by atoms with E-state index in [1.165, 1.54) is 12.7 Å². The van der Waals surface area contributed by atoms with Crippen molar-refractivity contribution < 1.29 is 23.8 Å². The van der Waals surface area contributed by atoms with Crippen molar-refractivity contribution in [3.05, 3.63) is 156 Å². The lowest BCUT2D eigenvalue weighted by Crippen LogP contribution is -2.43. The number of carbonyl (C=O) groups excluding carboxylic acids is 2. The van der Waals surface area contributed by atoms with Crippen molar-refractivity contribution in [1.82, 2.24) is 5.32 Å². The molecule has 5 aromatic carbocycles. The van der Waals surface area contributed by atoms with Gasteiger partial charge < -0.3 is 19.5 Å². The summed E-state index contributed by atoms with van der Waals surface area (Å²) >= 11 is 0. The summed E-state index contributed by atoms with van der Waals surface area (Å²) in [6, 6.07) is 41.8. The molecule has 0 bridgehead atoms. The molecule has 0 aliphatic heterocycles. The van der Waals surface area contributed by atoms with Gasteiger partial charge in [-0.15, -0.1) is 0 Å². The van der Waals surface area contributed by atoms with Crippen LogP contribution in [0, 0.1) is 0 Å². The minimum atomic E-state index is -0.844. The first-order valence-electron chi connectivity index (χ1n) is 14.1. The fourth-order valence-corrected chi connectivity index (χ4v) is 4.57. The maximum absolute atomic E-state index is 13.0. The van der Waals surface area contributed by atoms with Crippen LogP contribution in [0.3, 0.4) is 0 Å². The third-order valence-corrected chi connectivity index (χ3v) is 6.99. The molecular formula is C37H33NO5. The van der Waals surface area contributed by atoms with E-state index in [1.54, 1.807) is 24.3 Å². The number of carbonyl (C=O) groups is 2. The summed E-state index contributed by atoms with van der Waals surface area (Å²) in [5, 5.41) is 2.80. The zero-order valence-corrected chi connectivity index (χ0v) is 23.9. The van der Waals surface area contributed by atoms with Gasteiger partial charge in [0.15, 0.2) is 0 Å². The molecule has 0 aliphatic rings. The molecule has 0 heterocycles. The molecule has 43 heavy (non-hydrogen) atoms. The van der Waals surface area contributed by atoms with Gasteiger partial charge >= 0.3 is 5.97 Å². The highest BCUT2D eigenvalue weighted by atomic mass is 16.5. The summed E-state index contributed by atoms with van der Waals surface area (Å²) in [7, 11) is 1.31. The monoisotopic (exact) mass is 571 g/mol. The Morgan fingerprint density at radius 3 is 1.65 bits per heavy atom. The Kier molecular flexibility index (Phi) is 9.83. The number of amides is 1. The second-order valence-electron chi connectivity index (χ2n) is 10.0. The van der Waals surface area contributed by atoms with Crippen LogP contribution in [-0.4, -0.2) is 25.0 Å². The SMILES string of the molecule is COC(=O)[C@H](Cc1ccc(OCc2ccccc2)cc1)NC(=O)c1ccc(OCc2ccc(-c3ccccc3)cc2)cc1. The molecule has 1 atom stereocenters. The molecule has 6 nitrogen and oxygen atoms in total. The summed E-state index contributed by atoms with van der Waals surface area (Å²) in [5.41, 5.74) is 5.71. The molecule has 0 saturated heterocycles. The number of nitrogens with one attached hydrogen (secondary N) is 1. The van der Waals surface area contributed by atoms with Crippen LogP contribution < -0.4 is 14.8 Å². The maximum atomic E-state index is 13.0. The van der Waals surface area contributed by atoms with Crippen molar-refractivity contribution >= 4 is 11.9 Å². The largest absolute Gasteiger partial charge is 0.489 e. The van der Waals surface area contributed by atoms with E-state index in [0.29, 0.717) is 24.5 Å². The first-order valence-corrected chi connectivity index (χ1v) is 14.1. The van der Waals surface area contributed by atoms with E-state index in [0.717, 1.165) is 28.0 Å². The summed E-state index contributed by atoms with van der Waals surface area (Å²) in [4.78, 5) is 25.5. The van der Waals surface area contributed by atoms with Crippen molar-refractivity contribution in [2.45, 2.75) is 25.7 Å². The summed E-state index contributed by atoms with van der Waals surface area (Å²) in [6.45, 7) is 0.869. The molecule has 0 aliphatic carbocycles. The van der Waals surface area contributed by atoms with Crippen molar-refractivity contribution in [1.29, 1.82) is 0 Å². The standard InChI is InChI=1S/C37H33NO5/c1-41-37(40)35(24-27-14-20-33(21-15-27)42-25-28-8-4-2-5-9-28)38-36(39)32-18-22-34(23-19-32)43-26-29-12-16-31(17-13-29)30-10-6-3-7-11-30/h2-23,35H,24-26H2,1H3,(H,38,39)/t35-/m0/s1. The van der Waals surface area contributed by atoms with Crippen LogP contribution in [0.25, 0.3) is 11.1 Å². The Balaban J connectivity index is 1.13. The van der Waals surface area contributed by atoms with Crippen molar-refractivity contribution in [3.8, 4) is 22.6 Å². The van der Waals surface area contributed by atoms with Crippen LogP contribution in [0.4, 0.5) is 0 Å². The van der Waals surface area contributed by atoms with Crippen LogP contribution in [0.15, 0.2) is 133 Å². The Bertz CT molecular complexity index is 1600. The van der Waals surface area contributed by atoms with Gasteiger partial charge in [0.25, 0.3) is 5.91 Å². The van der Waals surface area contributed by atoms with Gasteiger partial charge in [0.1, 0.15) is 30.8 Å². The van der Waals surface area contributed by atoms with Crippen LogP contribution >= 0.6 is 0 Å². The number of hydrogen-bond donors (Lipinski definition) is 1. The highest BCUT2D eigenvalue weighted by molar-refractivity contribution is 5.97. The van der Waals surface area contributed by atoms with E-state index in [4.69, 9.17) is 14.2 Å². The van der Waals surface area contributed by atoms with E-state index in [9.17, 15) is 9.59 Å². The second kappa shape index (κ2) is 14.5. The van der Waals surface area contributed by atoms with Gasteiger partial charge in [0, 0.05) is 12.0 Å². The van der Waals surface area contributed by atoms with Crippen LogP contribution in [0.2, 0.25) is 0 Å². The molecule has 1 N–H and O–H groups in total. The van der Waals surface area contributed by atoms with Gasteiger partial charge in [-0.2, -0.15) is 0 Å². The number of rotatable bonds is 12. The molecule has 0 spiro atoms. The smallest absolute Gasteiger partial charge is 0.328 e. The molecule has 0 saturated carbocycles. The number of methoxy groups -OCH3 is 1. The average molecular weight is 572 g/mol. The van der Waals surface area contributed by atoms with Gasteiger partial charge in [-0.25, -0.2) is 4.79 Å². The number of benzene rings is 5. The number of ether oxygens (including phenoxy) is 3. The van der Waals surface area contributed by atoms with Crippen LogP contribution in [-0.2, 0) is 29.2 Å². The molecule has 0 aromatic heterocycles. The number of hydrogen-bond acceptors (Lipinski definition) is 5. The molecule has 6 heteroatoms. The minimum Gasteiger partial charge on any atom is -0.489 e. The molecule has 0 unspecified atom stereocenters. The molecule has 216 valence electrons. The second-order valence-corrected chi connectivity index (χ2v) is 10.0. The fourth-order valence-electron chi connectivity index (χ4n) is 4.57. The Labute approximate surface area is 251 Å². The van der Waals surface area contributed by atoms with Gasteiger partial charge in [-0.1, -0.05) is 97.1 Å².